The Morgan fingerprint density at radius 1 is 1.36 bits per heavy atom. The molecule has 0 spiro atoms. The zero-order valence-electron chi connectivity index (χ0n) is 12.0. The van der Waals surface area contributed by atoms with Crippen molar-refractivity contribution < 1.29 is 9.32 Å². The summed E-state index contributed by atoms with van der Waals surface area (Å²) in [5.41, 5.74) is 2.57. The third-order valence-electron chi connectivity index (χ3n) is 4.09. The molecule has 2 aromatic heterocycles. The first-order chi connectivity index (χ1) is 10.8. The molecule has 22 heavy (non-hydrogen) atoms. The second kappa shape index (κ2) is 5.29. The van der Waals surface area contributed by atoms with Gasteiger partial charge in [-0.2, -0.15) is 5.10 Å². The highest BCUT2D eigenvalue weighted by atomic mass is 16.5. The smallest absolute Gasteiger partial charge is 0.226 e. The Kier molecular flexibility index (Phi) is 3.14. The Morgan fingerprint density at radius 3 is 3.23 bits per heavy atom. The van der Waals surface area contributed by atoms with Gasteiger partial charge >= 0.3 is 0 Å². The fourth-order valence-corrected chi connectivity index (χ4v) is 2.99. The maximum atomic E-state index is 12.3. The van der Waals surface area contributed by atoms with Gasteiger partial charge in [-0.3, -0.25) is 9.48 Å². The van der Waals surface area contributed by atoms with Gasteiger partial charge in [0.2, 0.25) is 5.91 Å². The molecule has 1 aliphatic heterocycles. The van der Waals surface area contributed by atoms with E-state index in [4.69, 9.17) is 4.52 Å². The molecular weight excluding hydrogens is 280 g/mol. The molecule has 0 bridgehead atoms. The summed E-state index contributed by atoms with van der Waals surface area (Å²) in [7, 11) is 0. The maximum Gasteiger partial charge on any atom is 0.226 e. The second-order valence-electron chi connectivity index (χ2n) is 5.61. The highest BCUT2D eigenvalue weighted by Gasteiger charge is 2.21. The normalized spacial score (nSPS) is 17.4. The molecule has 0 fully saturated rings. The number of carbonyl (C=O) groups is 1. The first-order valence-corrected chi connectivity index (χ1v) is 7.43. The summed E-state index contributed by atoms with van der Waals surface area (Å²) in [5.74, 6) is -0.0166. The van der Waals surface area contributed by atoms with Gasteiger partial charge in [0, 0.05) is 36.3 Å². The third kappa shape index (κ3) is 2.36. The van der Waals surface area contributed by atoms with E-state index in [1.165, 1.54) is 5.69 Å². The summed E-state index contributed by atoms with van der Waals surface area (Å²) in [4.78, 5) is 12.3. The number of carbonyl (C=O) groups excluding carboxylic acids is 1. The van der Waals surface area contributed by atoms with Crippen molar-refractivity contribution in [3.8, 4) is 0 Å². The lowest BCUT2D eigenvalue weighted by atomic mass is 10.0. The quantitative estimate of drug-likeness (QED) is 0.798. The Bertz CT molecular complexity index is 820. The number of amides is 1. The number of fused-ring (bicyclic) bond motifs is 2. The number of benzene rings is 1. The molecule has 1 N–H and O–H groups in total. The van der Waals surface area contributed by atoms with E-state index < -0.39 is 0 Å². The largest absolute Gasteiger partial charge is 0.356 e. The second-order valence-corrected chi connectivity index (χ2v) is 5.61. The van der Waals surface area contributed by atoms with Crippen LogP contribution in [0.25, 0.3) is 11.0 Å². The molecule has 6 heteroatoms. The fourth-order valence-electron chi connectivity index (χ4n) is 2.99. The molecule has 3 heterocycles. The maximum absolute atomic E-state index is 12.3. The number of hydrogen-bond acceptors (Lipinski definition) is 4. The van der Waals surface area contributed by atoms with Gasteiger partial charge in [-0.1, -0.05) is 17.3 Å². The molecule has 1 aliphatic rings. The molecule has 4 rings (SSSR count). The Balaban J connectivity index is 1.43. The fraction of sp³-hybridized carbons (Fsp3) is 0.312. The summed E-state index contributed by atoms with van der Waals surface area (Å²) in [5, 5.41) is 12.2. The number of nitrogens with one attached hydrogen (secondary N) is 1. The van der Waals surface area contributed by atoms with Crippen molar-refractivity contribution in [1.29, 1.82) is 0 Å². The van der Waals surface area contributed by atoms with Crippen LogP contribution < -0.4 is 5.32 Å². The van der Waals surface area contributed by atoms with Crippen molar-refractivity contribution in [3.63, 3.8) is 0 Å². The number of aryl methyl sites for hydroxylation is 1. The lowest BCUT2D eigenvalue weighted by molar-refractivity contribution is -0.121. The van der Waals surface area contributed by atoms with Crippen LogP contribution in [0.2, 0.25) is 0 Å². The molecule has 0 aliphatic carbocycles. The van der Waals surface area contributed by atoms with Crippen LogP contribution in [0.15, 0.2) is 41.1 Å². The van der Waals surface area contributed by atoms with E-state index in [2.05, 4.69) is 15.6 Å². The van der Waals surface area contributed by atoms with Crippen LogP contribution in [-0.2, 0) is 24.2 Å². The molecule has 1 atom stereocenters. The third-order valence-corrected chi connectivity index (χ3v) is 4.09. The van der Waals surface area contributed by atoms with E-state index in [1.807, 2.05) is 35.0 Å². The molecule has 112 valence electrons. The molecule has 1 amide bonds. The van der Waals surface area contributed by atoms with E-state index in [9.17, 15) is 4.79 Å². The van der Waals surface area contributed by atoms with E-state index >= 15 is 0 Å². The van der Waals surface area contributed by atoms with Gasteiger partial charge in [0.05, 0.1) is 6.42 Å². The molecule has 0 saturated heterocycles. The minimum Gasteiger partial charge on any atom is -0.356 e. The van der Waals surface area contributed by atoms with E-state index in [0.717, 1.165) is 24.8 Å². The van der Waals surface area contributed by atoms with Gasteiger partial charge in [0.1, 0.15) is 5.69 Å². The summed E-state index contributed by atoms with van der Waals surface area (Å²) in [6, 6.07) is 9.75. The van der Waals surface area contributed by atoms with Crippen LogP contribution >= 0.6 is 0 Å². The van der Waals surface area contributed by atoms with Crippen LogP contribution in [0.4, 0.5) is 0 Å². The van der Waals surface area contributed by atoms with Crippen molar-refractivity contribution in [3.05, 3.63) is 47.9 Å². The van der Waals surface area contributed by atoms with Crippen LogP contribution in [0.1, 0.15) is 17.8 Å². The highest BCUT2D eigenvalue weighted by Crippen LogP contribution is 2.18. The topological polar surface area (TPSA) is 73.0 Å². The van der Waals surface area contributed by atoms with E-state index in [0.29, 0.717) is 11.3 Å². The standard InChI is InChI=1S/C16H16N4O2/c21-16(10-14-13-3-1-2-4-15(13)22-19-14)18-11-6-8-20-12(9-11)5-7-17-20/h1-5,7,11H,6,8-10H2,(H,18,21)/t11-/m1/s1. The van der Waals surface area contributed by atoms with Crippen LogP contribution in [0.5, 0.6) is 0 Å². The zero-order valence-corrected chi connectivity index (χ0v) is 12.0. The minimum absolute atomic E-state index is 0.0166. The lowest BCUT2D eigenvalue weighted by Gasteiger charge is -2.24. The van der Waals surface area contributed by atoms with Crippen molar-refractivity contribution in [1.82, 2.24) is 20.3 Å². The lowest BCUT2D eigenvalue weighted by Crippen LogP contribution is -2.41. The summed E-state index contributed by atoms with van der Waals surface area (Å²) >= 11 is 0. The van der Waals surface area contributed by atoms with Crippen molar-refractivity contribution in [2.24, 2.45) is 0 Å². The molecule has 3 aromatic rings. The SMILES string of the molecule is O=C(Cc1noc2ccccc12)N[C@@H]1CCn2nccc2C1. The summed E-state index contributed by atoms with van der Waals surface area (Å²) in [6.07, 6.45) is 3.78. The predicted octanol–water partition coefficient (Wildman–Crippen LogP) is 1.70. The van der Waals surface area contributed by atoms with E-state index in [1.54, 1.807) is 6.20 Å². The average Bonchev–Trinajstić information content (AvgIpc) is 3.14. The van der Waals surface area contributed by atoms with Gasteiger partial charge < -0.3 is 9.84 Å². The summed E-state index contributed by atoms with van der Waals surface area (Å²) in [6.45, 7) is 0.847. The number of hydrogen-bond donors (Lipinski definition) is 1. The number of aromatic nitrogens is 3. The Morgan fingerprint density at radius 2 is 2.27 bits per heavy atom. The van der Waals surface area contributed by atoms with Gasteiger partial charge in [-0.15, -0.1) is 0 Å². The highest BCUT2D eigenvalue weighted by molar-refractivity contribution is 5.86. The van der Waals surface area contributed by atoms with E-state index in [-0.39, 0.29) is 18.4 Å². The molecule has 0 unspecified atom stereocenters. The zero-order chi connectivity index (χ0) is 14.9. The Labute approximate surface area is 127 Å². The van der Waals surface area contributed by atoms with Gasteiger partial charge in [0.25, 0.3) is 0 Å². The van der Waals surface area contributed by atoms with Crippen molar-refractivity contribution in [2.75, 3.05) is 0 Å². The van der Waals surface area contributed by atoms with Gasteiger partial charge in [-0.05, 0) is 24.6 Å². The van der Waals surface area contributed by atoms with Crippen molar-refractivity contribution in [2.45, 2.75) is 31.8 Å². The van der Waals surface area contributed by atoms with Gasteiger partial charge in [-0.25, -0.2) is 0 Å². The number of para-hydroxylation sites is 1. The number of rotatable bonds is 3. The average molecular weight is 296 g/mol. The van der Waals surface area contributed by atoms with Crippen LogP contribution in [0, 0.1) is 0 Å². The molecule has 6 nitrogen and oxygen atoms in total. The summed E-state index contributed by atoms with van der Waals surface area (Å²) < 4.78 is 7.23. The number of nitrogens with zero attached hydrogens (tertiary/aromatic N) is 3. The van der Waals surface area contributed by atoms with Crippen LogP contribution in [0.3, 0.4) is 0 Å². The van der Waals surface area contributed by atoms with Gasteiger partial charge in [0.15, 0.2) is 5.58 Å². The predicted molar refractivity (Wildman–Crippen MR) is 80.2 cm³/mol. The molecular formula is C16H16N4O2. The first kappa shape index (κ1) is 13.1. The minimum atomic E-state index is -0.0166. The van der Waals surface area contributed by atoms with Crippen LogP contribution in [-0.4, -0.2) is 26.9 Å². The first-order valence-electron chi connectivity index (χ1n) is 7.43. The monoisotopic (exact) mass is 296 g/mol. The molecule has 1 aromatic carbocycles. The molecule has 0 saturated carbocycles. The molecule has 0 radical (unpaired) electrons. The van der Waals surface area contributed by atoms with Crippen molar-refractivity contribution >= 4 is 16.9 Å². The Hall–Kier alpha value is -2.63.